The minimum atomic E-state index is 0.517. The highest BCUT2D eigenvalue weighted by molar-refractivity contribution is 7.11. The number of hydrogen-bond donors (Lipinski definition) is 1. The van der Waals surface area contributed by atoms with Gasteiger partial charge in [-0.2, -0.15) is 0 Å². The maximum absolute atomic E-state index is 4.93. The van der Waals surface area contributed by atoms with Crippen LogP contribution in [0.1, 0.15) is 73.5 Å². The van der Waals surface area contributed by atoms with E-state index in [2.05, 4.69) is 12.2 Å². The second kappa shape index (κ2) is 6.36. The number of nitrogens with one attached hydrogen (secondary N) is 1. The third-order valence-electron chi connectivity index (χ3n) is 4.65. The maximum Gasteiger partial charge on any atom is 0.110 e. The van der Waals surface area contributed by atoms with Gasteiger partial charge >= 0.3 is 0 Å². The number of aryl methyl sites for hydroxylation is 2. The second-order valence-electron chi connectivity index (χ2n) is 6.13. The van der Waals surface area contributed by atoms with Crippen LogP contribution in [0.25, 0.3) is 0 Å². The molecule has 1 aromatic rings. The van der Waals surface area contributed by atoms with Gasteiger partial charge < -0.3 is 5.32 Å². The molecule has 1 fully saturated rings. The van der Waals surface area contributed by atoms with Crippen LogP contribution in [0.5, 0.6) is 0 Å². The summed E-state index contributed by atoms with van der Waals surface area (Å²) in [6.45, 7) is 3.27. The smallest absolute Gasteiger partial charge is 0.110 e. The van der Waals surface area contributed by atoms with E-state index >= 15 is 0 Å². The largest absolute Gasteiger partial charge is 0.308 e. The second-order valence-corrected chi connectivity index (χ2v) is 7.24. The van der Waals surface area contributed by atoms with Crippen LogP contribution in [0.4, 0.5) is 0 Å². The van der Waals surface area contributed by atoms with Crippen LogP contribution in [-0.2, 0) is 12.8 Å². The van der Waals surface area contributed by atoms with Gasteiger partial charge in [0.05, 0.1) is 11.7 Å². The minimum absolute atomic E-state index is 0.517. The highest BCUT2D eigenvalue weighted by atomic mass is 32.1. The Balaban J connectivity index is 1.68. The molecule has 0 aliphatic heterocycles. The molecule has 0 aromatic carbocycles. The number of thiazole rings is 1. The molecule has 2 aliphatic rings. The van der Waals surface area contributed by atoms with Crippen LogP contribution in [0.15, 0.2) is 0 Å². The van der Waals surface area contributed by atoms with Gasteiger partial charge in [-0.05, 0) is 38.1 Å². The predicted molar refractivity (Wildman–Crippen MR) is 81.7 cm³/mol. The molecule has 1 heterocycles. The van der Waals surface area contributed by atoms with Crippen molar-refractivity contribution in [2.75, 3.05) is 6.54 Å². The summed E-state index contributed by atoms with van der Waals surface area (Å²) in [6, 6.07) is 0.517. The molecule has 0 bridgehead atoms. The van der Waals surface area contributed by atoms with E-state index in [1.807, 2.05) is 11.3 Å². The van der Waals surface area contributed by atoms with E-state index in [1.165, 1.54) is 68.5 Å². The highest BCUT2D eigenvalue weighted by Crippen LogP contribution is 2.36. The van der Waals surface area contributed by atoms with Crippen molar-refractivity contribution in [3.05, 3.63) is 15.6 Å². The molecule has 1 aromatic heterocycles. The van der Waals surface area contributed by atoms with Crippen molar-refractivity contribution in [3.63, 3.8) is 0 Å². The number of hydrogen-bond acceptors (Lipinski definition) is 3. The lowest BCUT2D eigenvalue weighted by Crippen LogP contribution is -2.24. The summed E-state index contributed by atoms with van der Waals surface area (Å²) >= 11 is 1.99. The number of nitrogens with zero attached hydrogens (tertiary/aromatic N) is 1. The molecule has 106 valence electrons. The van der Waals surface area contributed by atoms with E-state index < -0.39 is 0 Å². The molecule has 0 saturated heterocycles. The normalized spacial score (nSPS) is 21.5. The Morgan fingerprint density at radius 3 is 2.79 bits per heavy atom. The van der Waals surface area contributed by atoms with E-state index in [1.54, 1.807) is 4.88 Å². The van der Waals surface area contributed by atoms with Crippen LogP contribution in [0.2, 0.25) is 0 Å². The first-order valence-corrected chi connectivity index (χ1v) is 8.90. The summed E-state index contributed by atoms with van der Waals surface area (Å²) in [5, 5.41) is 5.06. The van der Waals surface area contributed by atoms with Crippen molar-refractivity contribution in [1.82, 2.24) is 10.3 Å². The van der Waals surface area contributed by atoms with E-state index in [-0.39, 0.29) is 0 Å². The molecule has 19 heavy (non-hydrogen) atoms. The highest BCUT2D eigenvalue weighted by Gasteiger charge is 2.24. The fraction of sp³-hybridized carbons (Fsp3) is 0.812. The fourth-order valence-corrected chi connectivity index (χ4v) is 4.88. The summed E-state index contributed by atoms with van der Waals surface area (Å²) in [5.74, 6) is 0.927. The third-order valence-corrected chi connectivity index (χ3v) is 5.93. The fourth-order valence-electron chi connectivity index (χ4n) is 3.63. The molecule has 1 N–H and O–H groups in total. The van der Waals surface area contributed by atoms with Gasteiger partial charge in [-0.15, -0.1) is 11.3 Å². The molecule has 1 saturated carbocycles. The Hall–Kier alpha value is -0.410. The van der Waals surface area contributed by atoms with Crippen molar-refractivity contribution in [3.8, 4) is 0 Å². The van der Waals surface area contributed by atoms with Crippen molar-refractivity contribution >= 4 is 11.3 Å². The molecule has 2 nitrogen and oxygen atoms in total. The number of rotatable bonds is 5. The average molecular weight is 278 g/mol. The molecular weight excluding hydrogens is 252 g/mol. The Labute approximate surface area is 121 Å². The molecule has 1 atom stereocenters. The van der Waals surface area contributed by atoms with Crippen LogP contribution in [0.3, 0.4) is 0 Å². The first kappa shape index (κ1) is 13.6. The summed E-state index contributed by atoms with van der Waals surface area (Å²) in [5.41, 5.74) is 1.41. The van der Waals surface area contributed by atoms with Crippen LogP contribution in [-0.4, -0.2) is 11.5 Å². The van der Waals surface area contributed by atoms with Gasteiger partial charge in [-0.1, -0.05) is 39.0 Å². The molecule has 0 amide bonds. The van der Waals surface area contributed by atoms with Gasteiger partial charge in [0, 0.05) is 4.88 Å². The molecule has 1 unspecified atom stereocenters. The van der Waals surface area contributed by atoms with Gasteiger partial charge in [-0.25, -0.2) is 4.98 Å². The van der Waals surface area contributed by atoms with E-state index in [4.69, 9.17) is 4.98 Å². The molecule has 3 heteroatoms. The Kier molecular flexibility index (Phi) is 4.54. The maximum atomic E-state index is 4.93. The lowest BCUT2D eigenvalue weighted by atomic mass is 9.85. The van der Waals surface area contributed by atoms with Crippen molar-refractivity contribution in [2.24, 2.45) is 5.92 Å². The Morgan fingerprint density at radius 1 is 1.21 bits per heavy atom. The van der Waals surface area contributed by atoms with E-state index in [0.717, 1.165) is 12.5 Å². The summed E-state index contributed by atoms with van der Waals surface area (Å²) < 4.78 is 0. The van der Waals surface area contributed by atoms with Gasteiger partial charge in [0.15, 0.2) is 0 Å². The van der Waals surface area contributed by atoms with Crippen LogP contribution >= 0.6 is 11.3 Å². The standard InChI is InChI=1S/C16H26N2S/c1-2-17-14(11-12-7-4-3-5-8-12)16-18-13-9-6-10-15(13)19-16/h12,14,17H,2-11H2,1H3. The quantitative estimate of drug-likeness (QED) is 0.871. The summed E-state index contributed by atoms with van der Waals surface area (Å²) in [4.78, 5) is 6.50. The van der Waals surface area contributed by atoms with Crippen LogP contribution in [0, 0.1) is 5.92 Å². The molecule has 3 rings (SSSR count). The van der Waals surface area contributed by atoms with Gasteiger partial charge in [-0.3, -0.25) is 0 Å². The van der Waals surface area contributed by atoms with Crippen molar-refractivity contribution in [2.45, 2.75) is 70.8 Å². The SMILES string of the molecule is CCNC(CC1CCCCC1)c1nc2c(s1)CCC2. The van der Waals surface area contributed by atoms with E-state index in [0.29, 0.717) is 6.04 Å². The molecular formula is C16H26N2S. The van der Waals surface area contributed by atoms with Gasteiger partial charge in [0.2, 0.25) is 0 Å². The first-order valence-electron chi connectivity index (χ1n) is 8.08. The third kappa shape index (κ3) is 3.19. The lowest BCUT2D eigenvalue weighted by molar-refractivity contribution is 0.301. The first-order chi connectivity index (χ1) is 9.36. The topological polar surface area (TPSA) is 24.9 Å². The zero-order valence-electron chi connectivity index (χ0n) is 12.1. The van der Waals surface area contributed by atoms with Gasteiger partial charge in [0.1, 0.15) is 5.01 Å². The van der Waals surface area contributed by atoms with E-state index in [9.17, 15) is 0 Å². The Morgan fingerprint density at radius 2 is 2.05 bits per heavy atom. The van der Waals surface area contributed by atoms with Crippen LogP contribution < -0.4 is 5.32 Å². The Bertz CT molecular complexity index is 385. The van der Waals surface area contributed by atoms with Crippen molar-refractivity contribution < 1.29 is 0 Å². The zero-order chi connectivity index (χ0) is 13.1. The minimum Gasteiger partial charge on any atom is -0.308 e. The van der Waals surface area contributed by atoms with Gasteiger partial charge in [0.25, 0.3) is 0 Å². The average Bonchev–Trinajstić information content (AvgIpc) is 3.00. The summed E-state index contributed by atoms with van der Waals surface area (Å²) in [7, 11) is 0. The molecule has 0 spiro atoms. The lowest BCUT2D eigenvalue weighted by Gasteiger charge is -2.26. The van der Waals surface area contributed by atoms with Crippen molar-refractivity contribution in [1.29, 1.82) is 0 Å². The number of fused-ring (bicyclic) bond motifs is 1. The monoisotopic (exact) mass is 278 g/mol. The molecule has 2 aliphatic carbocycles. The predicted octanol–water partition coefficient (Wildman–Crippen LogP) is 4.25. The molecule has 0 radical (unpaired) electrons. The zero-order valence-corrected chi connectivity index (χ0v) is 12.9. The number of aromatic nitrogens is 1. The summed E-state index contributed by atoms with van der Waals surface area (Å²) in [6.07, 6.45) is 12.3.